The maximum absolute atomic E-state index is 11.7. The van der Waals surface area contributed by atoms with Crippen molar-refractivity contribution in [2.45, 2.75) is 12.8 Å². The maximum atomic E-state index is 11.7. The van der Waals surface area contributed by atoms with Crippen LogP contribution < -0.4 is 5.32 Å². The third kappa shape index (κ3) is 3.04. The van der Waals surface area contributed by atoms with Gasteiger partial charge in [-0.2, -0.15) is 0 Å². The molecule has 0 aliphatic carbocycles. The average molecular weight is 213 g/mol. The third-order valence-electron chi connectivity index (χ3n) is 2.79. The molecule has 0 spiro atoms. The number of methoxy groups -OCH3 is 1. The van der Waals surface area contributed by atoms with Gasteiger partial charge in [0.2, 0.25) is 0 Å². The first kappa shape index (κ1) is 12.2. The maximum Gasteiger partial charge on any atom is 0.314 e. The first-order chi connectivity index (χ1) is 7.25. The van der Waals surface area contributed by atoms with Gasteiger partial charge >= 0.3 is 5.97 Å². The molecule has 0 aromatic carbocycles. The van der Waals surface area contributed by atoms with Crippen LogP contribution in [0.25, 0.3) is 0 Å². The molecule has 1 aliphatic heterocycles. The van der Waals surface area contributed by atoms with Gasteiger partial charge in [0.15, 0.2) is 0 Å². The van der Waals surface area contributed by atoms with Crippen LogP contribution in [0.4, 0.5) is 0 Å². The number of rotatable bonds is 5. The average Bonchev–Trinajstić information content (AvgIpc) is 2.29. The number of carbonyl (C=O) groups excluding carboxylic acids is 1. The van der Waals surface area contributed by atoms with Crippen molar-refractivity contribution in [2.24, 2.45) is 5.41 Å². The Balaban J connectivity index is 2.58. The molecule has 0 unspecified atom stereocenters. The molecule has 0 aromatic rings. The van der Waals surface area contributed by atoms with Crippen LogP contribution in [-0.4, -0.2) is 39.4 Å². The Labute approximate surface area is 90.6 Å². The summed E-state index contributed by atoms with van der Waals surface area (Å²) in [6, 6.07) is 0. The Morgan fingerprint density at radius 3 is 2.73 bits per heavy atom. The number of esters is 1. The predicted octanol–water partition coefficient (Wildman–Crippen LogP) is 0.732. The molecule has 1 N–H and O–H groups in total. The van der Waals surface area contributed by atoms with Crippen LogP contribution in [0, 0.1) is 5.41 Å². The molecule has 4 nitrogen and oxygen atoms in total. The zero-order valence-electron chi connectivity index (χ0n) is 9.25. The van der Waals surface area contributed by atoms with Crippen molar-refractivity contribution in [1.29, 1.82) is 0 Å². The molecule has 0 aromatic heterocycles. The van der Waals surface area contributed by atoms with E-state index in [-0.39, 0.29) is 5.97 Å². The summed E-state index contributed by atoms with van der Waals surface area (Å²) >= 11 is 0. The second-order valence-corrected chi connectivity index (χ2v) is 3.83. The number of hydrogen-bond acceptors (Lipinski definition) is 4. The topological polar surface area (TPSA) is 47.6 Å². The zero-order valence-corrected chi connectivity index (χ0v) is 9.25. The second kappa shape index (κ2) is 5.88. The molecule has 1 fully saturated rings. The number of piperidine rings is 1. The molecule has 0 amide bonds. The van der Waals surface area contributed by atoms with Crippen molar-refractivity contribution < 1.29 is 14.3 Å². The summed E-state index contributed by atoms with van der Waals surface area (Å²) in [4.78, 5) is 11.7. The number of ether oxygens (including phenoxy) is 2. The summed E-state index contributed by atoms with van der Waals surface area (Å²) in [5, 5.41) is 3.23. The van der Waals surface area contributed by atoms with E-state index in [1.165, 1.54) is 7.11 Å². The van der Waals surface area contributed by atoms with Crippen LogP contribution in [0.2, 0.25) is 0 Å². The lowest BCUT2D eigenvalue weighted by Crippen LogP contribution is -2.45. The molecule has 0 bridgehead atoms. The van der Waals surface area contributed by atoms with Gasteiger partial charge in [0, 0.05) is 0 Å². The Bertz CT molecular complexity index is 222. The molecule has 0 saturated carbocycles. The van der Waals surface area contributed by atoms with Gasteiger partial charge in [-0.15, -0.1) is 6.58 Å². The highest BCUT2D eigenvalue weighted by Crippen LogP contribution is 2.30. The lowest BCUT2D eigenvalue weighted by Gasteiger charge is -2.34. The highest BCUT2D eigenvalue weighted by Gasteiger charge is 2.40. The first-order valence-electron chi connectivity index (χ1n) is 5.23. The molecule has 0 radical (unpaired) electrons. The number of hydrogen-bond donors (Lipinski definition) is 1. The minimum absolute atomic E-state index is 0.159. The molecule has 1 aliphatic rings. The molecule has 1 rings (SSSR count). The summed E-state index contributed by atoms with van der Waals surface area (Å²) in [6.07, 6.45) is 3.24. The highest BCUT2D eigenvalue weighted by molar-refractivity contribution is 5.77. The normalized spacial score (nSPS) is 19.5. The summed E-state index contributed by atoms with van der Waals surface area (Å²) < 4.78 is 10.3. The Morgan fingerprint density at radius 2 is 2.20 bits per heavy atom. The number of nitrogens with one attached hydrogen (secondary N) is 1. The summed E-state index contributed by atoms with van der Waals surface area (Å²) in [6.45, 7) is 6.16. The predicted molar refractivity (Wildman–Crippen MR) is 57.6 cm³/mol. The van der Waals surface area contributed by atoms with Crippen molar-refractivity contribution in [2.75, 3.05) is 33.4 Å². The van der Waals surface area contributed by atoms with Crippen LogP contribution in [0.15, 0.2) is 12.7 Å². The molecule has 0 atom stereocenters. The summed E-state index contributed by atoms with van der Waals surface area (Å²) in [7, 11) is 1.43. The monoisotopic (exact) mass is 213 g/mol. The fraction of sp³-hybridized carbons (Fsp3) is 0.727. The second-order valence-electron chi connectivity index (χ2n) is 3.83. The van der Waals surface area contributed by atoms with E-state index in [1.54, 1.807) is 6.08 Å². The van der Waals surface area contributed by atoms with Gasteiger partial charge in [-0.3, -0.25) is 4.79 Å². The van der Waals surface area contributed by atoms with E-state index >= 15 is 0 Å². The van der Waals surface area contributed by atoms with Crippen LogP contribution in [0.3, 0.4) is 0 Å². The van der Waals surface area contributed by atoms with Gasteiger partial charge in [0.05, 0.1) is 25.7 Å². The van der Waals surface area contributed by atoms with Crippen molar-refractivity contribution in [3.05, 3.63) is 12.7 Å². The highest BCUT2D eigenvalue weighted by atomic mass is 16.5. The Hall–Kier alpha value is -0.870. The fourth-order valence-corrected chi connectivity index (χ4v) is 1.87. The van der Waals surface area contributed by atoms with E-state index in [2.05, 4.69) is 11.9 Å². The Kier molecular flexibility index (Phi) is 4.78. The van der Waals surface area contributed by atoms with Crippen LogP contribution in [0.5, 0.6) is 0 Å². The molecular formula is C11H19NO3. The van der Waals surface area contributed by atoms with Gasteiger partial charge in [-0.1, -0.05) is 6.08 Å². The molecule has 1 saturated heterocycles. The standard InChI is InChI=1S/C11H19NO3/c1-3-8-15-9-11(10(13)14-2)4-6-12-7-5-11/h3,12H,1,4-9H2,2H3. The summed E-state index contributed by atoms with van der Waals surface area (Å²) in [5.74, 6) is -0.159. The summed E-state index contributed by atoms with van der Waals surface area (Å²) in [5.41, 5.74) is -0.455. The molecule has 86 valence electrons. The fourth-order valence-electron chi connectivity index (χ4n) is 1.87. The number of carbonyl (C=O) groups is 1. The van der Waals surface area contributed by atoms with E-state index < -0.39 is 5.41 Å². The first-order valence-corrected chi connectivity index (χ1v) is 5.23. The van der Waals surface area contributed by atoms with Gasteiger partial charge < -0.3 is 14.8 Å². The van der Waals surface area contributed by atoms with E-state index in [9.17, 15) is 4.79 Å². The smallest absolute Gasteiger partial charge is 0.314 e. The minimum Gasteiger partial charge on any atom is -0.469 e. The van der Waals surface area contributed by atoms with Gasteiger partial charge in [-0.05, 0) is 25.9 Å². The van der Waals surface area contributed by atoms with E-state index in [4.69, 9.17) is 9.47 Å². The van der Waals surface area contributed by atoms with Gasteiger partial charge in [0.25, 0.3) is 0 Å². The largest absolute Gasteiger partial charge is 0.469 e. The van der Waals surface area contributed by atoms with Crippen molar-refractivity contribution in [1.82, 2.24) is 5.32 Å². The lowest BCUT2D eigenvalue weighted by molar-refractivity contribution is -0.158. The molecule has 15 heavy (non-hydrogen) atoms. The van der Waals surface area contributed by atoms with Crippen LogP contribution in [-0.2, 0) is 14.3 Å². The Morgan fingerprint density at radius 1 is 1.53 bits per heavy atom. The van der Waals surface area contributed by atoms with Crippen LogP contribution in [0.1, 0.15) is 12.8 Å². The quantitative estimate of drug-likeness (QED) is 0.415. The van der Waals surface area contributed by atoms with Gasteiger partial charge in [0.1, 0.15) is 0 Å². The van der Waals surface area contributed by atoms with Crippen molar-refractivity contribution >= 4 is 5.97 Å². The van der Waals surface area contributed by atoms with E-state index in [0.717, 1.165) is 25.9 Å². The van der Waals surface area contributed by atoms with Crippen molar-refractivity contribution in [3.8, 4) is 0 Å². The van der Waals surface area contributed by atoms with E-state index in [1.807, 2.05) is 0 Å². The minimum atomic E-state index is -0.455. The van der Waals surface area contributed by atoms with E-state index in [0.29, 0.717) is 13.2 Å². The molecular weight excluding hydrogens is 194 g/mol. The van der Waals surface area contributed by atoms with Crippen LogP contribution >= 0.6 is 0 Å². The van der Waals surface area contributed by atoms with Gasteiger partial charge in [-0.25, -0.2) is 0 Å². The zero-order chi connectivity index (χ0) is 11.1. The lowest BCUT2D eigenvalue weighted by atomic mass is 9.80. The third-order valence-corrected chi connectivity index (χ3v) is 2.79. The molecule has 1 heterocycles. The van der Waals surface area contributed by atoms with Crippen molar-refractivity contribution in [3.63, 3.8) is 0 Å². The molecule has 4 heteroatoms. The SMILES string of the molecule is C=CCOCC1(C(=O)OC)CCNCC1.